The maximum atomic E-state index is 12.2. The first-order valence-corrected chi connectivity index (χ1v) is 7.30. The van der Waals surface area contributed by atoms with Crippen molar-refractivity contribution < 1.29 is 14.3 Å². The fourth-order valence-corrected chi connectivity index (χ4v) is 3.05. The summed E-state index contributed by atoms with van der Waals surface area (Å²) in [7, 11) is 0. The number of carbonyl (C=O) groups excluding carboxylic acids is 1. The molecule has 0 N–H and O–H groups in total. The molecule has 2 aliphatic heterocycles. The van der Waals surface area contributed by atoms with E-state index in [-0.39, 0.29) is 12.7 Å². The summed E-state index contributed by atoms with van der Waals surface area (Å²) in [6.45, 7) is 1.05. The number of aliphatic imine (C=N–C) groups is 1. The van der Waals surface area contributed by atoms with Crippen LogP contribution < -0.4 is 9.47 Å². The fraction of sp³-hybridized carbons (Fsp3) is 0.500. The van der Waals surface area contributed by atoms with Gasteiger partial charge in [-0.05, 0) is 37.0 Å². The molecule has 104 valence electrons. The average Bonchev–Trinajstić information content (AvgIpc) is 2.81. The van der Waals surface area contributed by atoms with Crippen molar-refractivity contribution >= 4 is 11.5 Å². The minimum absolute atomic E-state index is 0.275. The maximum Gasteiger partial charge on any atom is 0.231 e. The molecule has 3 aliphatic rings. The topological polar surface area (TPSA) is 47.9 Å². The van der Waals surface area contributed by atoms with E-state index in [1.165, 1.54) is 12.0 Å². The molecule has 4 nitrogen and oxygen atoms in total. The van der Waals surface area contributed by atoms with Gasteiger partial charge in [-0.1, -0.05) is 6.42 Å². The Hall–Kier alpha value is -1.84. The first kappa shape index (κ1) is 11.9. The smallest absolute Gasteiger partial charge is 0.231 e. The summed E-state index contributed by atoms with van der Waals surface area (Å²) in [5.74, 6) is 2.21. The van der Waals surface area contributed by atoms with Gasteiger partial charge >= 0.3 is 0 Å². The van der Waals surface area contributed by atoms with Gasteiger partial charge in [0.1, 0.15) is 5.78 Å². The molecule has 0 bridgehead atoms. The monoisotopic (exact) mass is 271 g/mol. The second-order valence-electron chi connectivity index (χ2n) is 5.71. The predicted molar refractivity (Wildman–Crippen MR) is 74.6 cm³/mol. The van der Waals surface area contributed by atoms with Crippen LogP contribution >= 0.6 is 0 Å². The van der Waals surface area contributed by atoms with Gasteiger partial charge in [0.05, 0.1) is 0 Å². The van der Waals surface area contributed by atoms with Crippen LogP contribution in [0.3, 0.4) is 0 Å². The number of hydrogen-bond acceptors (Lipinski definition) is 4. The van der Waals surface area contributed by atoms with Crippen molar-refractivity contribution in [3.63, 3.8) is 0 Å². The van der Waals surface area contributed by atoms with Crippen LogP contribution in [0.15, 0.2) is 17.1 Å². The van der Waals surface area contributed by atoms with E-state index < -0.39 is 0 Å². The van der Waals surface area contributed by atoms with Gasteiger partial charge < -0.3 is 9.47 Å². The third kappa shape index (κ3) is 1.90. The van der Waals surface area contributed by atoms with Crippen molar-refractivity contribution in [1.82, 2.24) is 0 Å². The van der Waals surface area contributed by atoms with E-state index in [4.69, 9.17) is 9.47 Å². The van der Waals surface area contributed by atoms with E-state index in [2.05, 4.69) is 4.99 Å². The Morgan fingerprint density at radius 2 is 2.05 bits per heavy atom. The number of rotatable bonds is 3. The number of nitrogens with zero attached hydrogens (tertiary/aromatic N) is 1. The molecule has 0 unspecified atom stereocenters. The lowest BCUT2D eigenvalue weighted by Gasteiger charge is -2.25. The summed E-state index contributed by atoms with van der Waals surface area (Å²) in [5, 5.41) is 0. The SMILES string of the molecule is O=C(CC1=NCCc2cc3c(cc21)OCO3)C1CCC1. The summed E-state index contributed by atoms with van der Waals surface area (Å²) < 4.78 is 10.9. The molecule has 4 heteroatoms. The molecule has 1 saturated carbocycles. The highest BCUT2D eigenvalue weighted by molar-refractivity contribution is 6.13. The Morgan fingerprint density at radius 3 is 2.80 bits per heavy atom. The van der Waals surface area contributed by atoms with Gasteiger partial charge in [-0.3, -0.25) is 9.79 Å². The van der Waals surface area contributed by atoms with E-state index in [1.54, 1.807) is 0 Å². The van der Waals surface area contributed by atoms with Gasteiger partial charge in [0.15, 0.2) is 11.5 Å². The minimum atomic E-state index is 0.275. The number of Topliss-reactive ketones (excluding diaryl/α,β-unsaturated/α-hetero) is 1. The van der Waals surface area contributed by atoms with Gasteiger partial charge in [0, 0.05) is 30.2 Å². The molecule has 0 aromatic heterocycles. The molecule has 0 spiro atoms. The third-order valence-electron chi connectivity index (χ3n) is 4.50. The summed E-state index contributed by atoms with van der Waals surface area (Å²) in [6.07, 6.45) is 4.68. The van der Waals surface area contributed by atoms with Gasteiger partial charge in [0.2, 0.25) is 6.79 Å². The van der Waals surface area contributed by atoms with E-state index >= 15 is 0 Å². The lowest BCUT2D eigenvalue weighted by Crippen LogP contribution is -2.26. The Balaban J connectivity index is 1.62. The molecule has 20 heavy (non-hydrogen) atoms. The maximum absolute atomic E-state index is 12.2. The summed E-state index contributed by atoms with van der Waals surface area (Å²) >= 11 is 0. The average molecular weight is 271 g/mol. The first-order valence-electron chi connectivity index (χ1n) is 7.30. The van der Waals surface area contributed by atoms with Crippen molar-refractivity contribution in [2.24, 2.45) is 10.9 Å². The molecule has 0 saturated heterocycles. The lowest BCUT2D eigenvalue weighted by molar-refractivity contribution is -0.123. The molecule has 1 aromatic rings. The van der Waals surface area contributed by atoms with Crippen molar-refractivity contribution in [2.75, 3.05) is 13.3 Å². The van der Waals surface area contributed by atoms with Crippen LogP contribution in [0.2, 0.25) is 0 Å². The van der Waals surface area contributed by atoms with E-state index in [1.807, 2.05) is 12.1 Å². The Bertz CT molecular complexity index is 602. The molecule has 2 heterocycles. The van der Waals surface area contributed by atoms with Crippen LogP contribution in [0.4, 0.5) is 0 Å². The second kappa shape index (κ2) is 4.62. The molecule has 1 aliphatic carbocycles. The molecule has 0 radical (unpaired) electrons. The molecule has 4 rings (SSSR count). The number of ether oxygens (including phenoxy) is 2. The van der Waals surface area contributed by atoms with Gasteiger partial charge in [0.25, 0.3) is 0 Å². The fourth-order valence-electron chi connectivity index (χ4n) is 3.05. The molecule has 0 amide bonds. The van der Waals surface area contributed by atoms with Crippen LogP contribution in [-0.2, 0) is 11.2 Å². The quantitative estimate of drug-likeness (QED) is 0.848. The molecular formula is C16H17NO3. The number of fused-ring (bicyclic) bond motifs is 2. The zero-order valence-electron chi connectivity index (χ0n) is 11.4. The van der Waals surface area contributed by atoms with Crippen molar-refractivity contribution in [1.29, 1.82) is 0 Å². The third-order valence-corrected chi connectivity index (χ3v) is 4.50. The molecular weight excluding hydrogens is 254 g/mol. The molecule has 1 fully saturated rings. The van der Waals surface area contributed by atoms with E-state index in [0.717, 1.165) is 48.6 Å². The van der Waals surface area contributed by atoms with Crippen LogP contribution in [-0.4, -0.2) is 24.8 Å². The lowest BCUT2D eigenvalue weighted by atomic mass is 9.79. The first-order chi connectivity index (χ1) is 9.81. The van der Waals surface area contributed by atoms with Crippen LogP contribution in [0, 0.1) is 5.92 Å². The highest BCUT2D eigenvalue weighted by atomic mass is 16.7. The minimum Gasteiger partial charge on any atom is -0.454 e. The Labute approximate surface area is 117 Å². The number of ketones is 1. The van der Waals surface area contributed by atoms with E-state index in [0.29, 0.717) is 12.2 Å². The number of benzene rings is 1. The second-order valence-corrected chi connectivity index (χ2v) is 5.71. The van der Waals surface area contributed by atoms with Crippen molar-refractivity contribution in [3.05, 3.63) is 23.3 Å². The Kier molecular flexibility index (Phi) is 2.76. The van der Waals surface area contributed by atoms with E-state index in [9.17, 15) is 4.79 Å². The summed E-state index contributed by atoms with van der Waals surface area (Å²) in [4.78, 5) is 16.8. The Morgan fingerprint density at radius 1 is 1.25 bits per heavy atom. The van der Waals surface area contributed by atoms with Gasteiger partial charge in [-0.2, -0.15) is 0 Å². The molecule has 0 atom stereocenters. The highest BCUT2D eigenvalue weighted by Crippen LogP contribution is 2.37. The van der Waals surface area contributed by atoms with Gasteiger partial charge in [-0.15, -0.1) is 0 Å². The zero-order chi connectivity index (χ0) is 13.5. The zero-order valence-corrected chi connectivity index (χ0v) is 11.4. The summed E-state index contributed by atoms with van der Waals surface area (Å²) in [6, 6.07) is 4.03. The predicted octanol–water partition coefficient (Wildman–Crippen LogP) is 2.52. The highest BCUT2D eigenvalue weighted by Gasteiger charge is 2.28. The van der Waals surface area contributed by atoms with Crippen LogP contribution in [0.5, 0.6) is 11.5 Å². The van der Waals surface area contributed by atoms with Crippen LogP contribution in [0.25, 0.3) is 0 Å². The standard InChI is InChI=1S/C16H17NO3/c18-14(10-2-1-3-10)8-13-12-7-16-15(19-9-20-16)6-11(12)4-5-17-13/h6-7,10H,1-5,8-9H2. The number of carbonyl (C=O) groups is 1. The largest absolute Gasteiger partial charge is 0.454 e. The summed E-state index contributed by atoms with van der Waals surface area (Å²) in [5.41, 5.74) is 3.23. The van der Waals surface area contributed by atoms with Crippen molar-refractivity contribution in [2.45, 2.75) is 32.1 Å². The molecule has 1 aromatic carbocycles. The number of hydrogen-bond donors (Lipinski definition) is 0. The van der Waals surface area contributed by atoms with Crippen molar-refractivity contribution in [3.8, 4) is 11.5 Å². The van der Waals surface area contributed by atoms with Crippen LogP contribution in [0.1, 0.15) is 36.8 Å². The normalized spacial score (nSPS) is 20.1. The van der Waals surface area contributed by atoms with Gasteiger partial charge in [-0.25, -0.2) is 0 Å².